The molecule has 0 fully saturated rings. The molecular weight excluding hydrogens is 326 g/mol. The van der Waals surface area contributed by atoms with Crippen molar-refractivity contribution in [1.29, 1.82) is 0 Å². The van der Waals surface area contributed by atoms with E-state index in [2.05, 4.69) is 22.8 Å². The van der Waals surface area contributed by atoms with Gasteiger partial charge in [0, 0.05) is 5.69 Å². The van der Waals surface area contributed by atoms with Crippen LogP contribution in [0, 0.1) is 0 Å². The minimum Gasteiger partial charge on any atom is -0.494 e. The predicted molar refractivity (Wildman–Crippen MR) is 107 cm³/mol. The first-order valence-electron chi connectivity index (χ1n) is 9.11. The van der Waals surface area contributed by atoms with E-state index in [1.807, 2.05) is 54.6 Å². The molecule has 0 radical (unpaired) electrons. The Bertz CT molecular complexity index is 669. The second-order valence-corrected chi connectivity index (χ2v) is 5.99. The first-order chi connectivity index (χ1) is 12.8. The Morgan fingerprint density at radius 1 is 1.04 bits per heavy atom. The maximum atomic E-state index is 11.7. The third-order valence-electron chi connectivity index (χ3n) is 3.78. The highest BCUT2D eigenvalue weighted by Gasteiger charge is 1.99. The zero-order chi connectivity index (χ0) is 18.5. The number of ether oxygens (including phenoxy) is 1. The molecule has 138 valence electrons. The molecule has 26 heavy (non-hydrogen) atoms. The molecule has 5 heteroatoms. The number of benzene rings is 2. The maximum absolute atomic E-state index is 11.7. The molecule has 0 aliphatic heterocycles. The summed E-state index contributed by atoms with van der Waals surface area (Å²) in [5.41, 5.74) is 4.31. The Morgan fingerprint density at radius 3 is 2.54 bits per heavy atom. The van der Waals surface area contributed by atoms with Gasteiger partial charge in [-0.1, -0.05) is 44.4 Å². The van der Waals surface area contributed by atoms with Gasteiger partial charge in [0.05, 0.1) is 19.4 Å². The first-order valence-corrected chi connectivity index (χ1v) is 9.11. The van der Waals surface area contributed by atoms with Crippen LogP contribution in [0.3, 0.4) is 0 Å². The van der Waals surface area contributed by atoms with Crippen molar-refractivity contribution < 1.29 is 9.53 Å². The number of nitrogens with one attached hydrogen (secondary N) is 2. The number of para-hydroxylation sites is 1. The molecule has 0 bridgehead atoms. The van der Waals surface area contributed by atoms with Gasteiger partial charge in [0.15, 0.2) is 0 Å². The van der Waals surface area contributed by atoms with E-state index in [1.165, 1.54) is 19.3 Å². The summed E-state index contributed by atoms with van der Waals surface area (Å²) in [7, 11) is 0. The van der Waals surface area contributed by atoms with Crippen molar-refractivity contribution in [3.05, 3.63) is 60.2 Å². The number of carbonyl (C=O) groups excluding carboxylic acids is 1. The SMILES string of the molecule is CCCCCCOc1ccc(/C=N\NC(=O)CNc2ccccc2)cc1. The first kappa shape index (κ1) is 19.5. The normalized spacial score (nSPS) is 10.7. The molecular formula is C21H27N3O2. The van der Waals surface area contributed by atoms with Crippen LogP contribution >= 0.6 is 0 Å². The number of unbranched alkanes of at least 4 members (excludes halogenated alkanes) is 3. The van der Waals surface area contributed by atoms with Crippen LogP contribution in [-0.4, -0.2) is 25.3 Å². The van der Waals surface area contributed by atoms with Crippen LogP contribution in [-0.2, 0) is 4.79 Å². The van der Waals surface area contributed by atoms with Crippen LogP contribution in [0.15, 0.2) is 59.7 Å². The Labute approximate surface area is 155 Å². The second kappa shape index (κ2) is 11.7. The summed E-state index contributed by atoms with van der Waals surface area (Å²) >= 11 is 0. The van der Waals surface area contributed by atoms with E-state index in [1.54, 1.807) is 6.21 Å². The minimum absolute atomic E-state index is 0.173. The largest absolute Gasteiger partial charge is 0.494 e. The summed E-state index contributed by atoms with van der Waals surface area (Å²) in [5, 5.41) is 7.00. The lowest BCUT2D eigenvalue weighted by Gasteiger charge is -2.06. The zero-order valence-electron chi connectivity index (χ0n) is 15.3. The van der Waals surface area contributed by atoms with E-state index in [4.69, 9.17) is 4.74 Å². The van der Waals surface area contributed by atoms with Gasteiger partial charge in [-0.3, -0.25) is 4.79 Å². The lowest BCUT2D eigenvalue weighted by molar-refractivity contribution is -0.119. The molecule has 0 atom stereocenters. The lowest BCUT2D eigenvalue weighted by Crippen LogP contribution is -2.25. The Kier molecular flexibility index (Phi) is 8.77. The van der Waals surface area contributed by atoms with Gasteiger partial charge in [0.2, 0.25) is 0 Å². The number of anilines is 1. The zero-order valence-corrected chi connectivity index (χ0v) is 15.3. The van der Waals surface area contributed by atoms with Crippen LogP contribution in [0.5, 0.6) is 5.75 Å². The van der Waals surface area contributed by atoms with Crippen LogP contribution in [0.1, 0.15) is 38.2 Å². The summed E-state index contributed by atoms with van der Waals surface area (Å²) in [6.45, 7) is 3.12. The van der Waals surface area contributed by atoms with Gasteiger partial charge in [0.25, 0.3) is 5.91 Å². The van der Waals surface area contributed by atoms with Crippen molar-refractivity contribution in [2.45, 2.75) is 32.6 Å². The predicted octanol–water partition coefficient (Wildman–Crippen LogP) is 4.21. The summed E-state index contributed by atoms with van der Waals surface area (Å²) in [5.74, 6) is 0.659. The standard InChI is InChI=1S/C21H27N3O2/c1-2-3-4-8-15-26-20-13-11-18(12-14-20)16-23-24-21(25)17-22-19-9-6-5-7-10-19/h5-7,9-14,16,22H,2-4,8,15,17H2,1H3,(H,24,25)/b23-16-. The maximum Gasteiger partial charge on any atom is 0.259 e. The number of hydrogen-bond acceptors (Lipinski definition) is 4. The van der Waals surface area contributed by atoms with Gasteiger partial charge >= 0.3 is 0 Å². The van der Waals surface area contributed by atoms with Crippen LogP contribution in [0.4, 0.5) is 5.69 Å². The Balaban J connectivity index is 1.66. The monoisotopic (exact) mass is 353 g/mol. The number of rotatable bonds is 11. The summed E-state index contributed by atoms with van der Waals surface area (Å²) in [4.78, 5) is 11.7. The number of carbonyl (C=O) groups is 1. The Morgan fingerprint density at radius 2 is 1.81 bits per heavy atom. The molecule has 0 aliphatic rings. The van der Waals surface area contributed by atoms with Crippen LogP contribution < -0.4 is 15.5 Å². The van der Waals surface area contributed by atoms with E-state index >= 15 is 0 Å². The summed E-state index contributed by atoms with van der Waals surface area (Å²) < 4.78 is 5.70. The van der Waals surface area contributed by atoms with Crippen molar-refractivity contribution in [2.75, 3.05) is 18.5 Å². The molecule has 1 amide bonds. The van der Waals surface area contributed by atoms with Gasteiger partial charge in [-0.25, -0.2) is 5.43 Å². The van der Waals surface area contributed by atoms with Crippen LogP contribution in [0.2, 0.25) is 0 Å². The highest BCUT2D eigenvalue weighted by atomic mass is 16.5. The molecule has 2 aromatic carbocycles. The smallest absolute Gasteiger partial charge is 0.259 e. The van der Waals surface area contributed by atoms with Gasteiger partial charge in [0.1, 0.15) is 5.75 Å². The van der Waals surface area contributed by atoms with Crippen LogP contribution in [0.25, 0.3) is 0 Å². The second-order valence-electron chi connectivity index (χ2n) is 5.99. The topological polar surface area (TPSA) is 62.7 Å². The molecule has 2 aromatic rings. The number of hydrogen-bond donors (Lipinski definition) is 2. The average Bonchev–Trinajstić information content (AvgIpc) is 2.68. The van der Waals surface area contributed by atoms with Gasteiger partial charge < -0.3 is 10.1 Å². The molecule has 0 unspecified atom stereocenters. The minimum atomic E-state index is -0.197. The van der Waals surface area contributed by atoms with Crippen molar-refractivity contribution in [3.8, 4) is 5.75 Å². The van der Waals surface area contributed by atoms with Crippen molar-refractivity contribution >= 4 is 17.8 Å². The average molecular weight is 353 g/mol. The summed E-state index contributed by atoms with van der Waals surface area (Å²) in [6, 6.07) is 17.2. The molecule has 0 saturated heterocycles. The fraction of sp³-hybridized carbons (Fsp3) is 0.333. The molecule has 0 saturated carbocycles. The molecule has 2 rings (SSSR count). The molecule has 0 heterocycles. The number of nitrogens with zero attached hydrogens (tertiary/aromatic N) is 1. The van der Waals surface area contributed by atoms with E-state index in [0.29, 0.717) is 0 Å². The fourth-order valence-corrected chi connectivity index (χ4v) is 2.33. The number of hydrazone groups is 1. The van der Waals surface area contributed by atoms with E-state index in [9.17, 15) is 4.79 Å². The molecule has 0 spiro atoms. The van der Waals surface area contributed by atoms with E-state index in [0.717, 1.165) is 30.0 Å². The van der Waals surface area contributed by atoms with Gasteiger partial charge in [-0.15, -0.1) is 0 Å². The molecule has 5 nitrogen and oxygen atoms in total. The third kappa shape index (κ3) is 7.83. The molecule has 2 N–H and O–H groups in total. The quantitative estimate of drug-likeness (QED) is 0.361. The molecule has 0 aromatic heterocycles. The highest BCUT2D eigenvalue weighted by molar-refractivity contribution is 5.84. The lowest BCUT2D eigenvalue weighted by atomic mass is 10.2. The van der Waals surface area contributed by atoms with E-state index in [-0.39, 0.29) is 12.5 Å². The van der Waals surface area contributed by atoms with Crippen molar-refractivity contribution in [3.63, 3.8) is 0 Å². The van der Waals surface area contributed by atoms with Crippen molar-refractivity contribution in [2.24, 2.45) is 5.10 Å². The molecule has 0 aliphatic carbocycles. The fourth-order valence-electron chi connectivity index (χ4n) is 2.33. The highest BCUT2D eigenvalue weighted by Crippen LogP contribution is 2.12. The number of amides is 1. The van der Waals surface area contributed by atoms with Crippen molar-refractivity contribution in [1.82, 2.24) is 5.43 Å². The summed E-state index contributed by atoms with van der Waals surface area (Å²) in [6.07, 6.45) is 6.39. The van der Waals surface area contributed by atoms with Gasteiger partial charge in [-0.05, 0) is 48.4 Å². The van der Waals surface area contributed by atoms with Gasteiger partial charge in [-0.2, -0.15) is 5.10 Å². The van der Waals surface area contributed by atoms with E-state index < -0.39 is 0 Å². The Hall–Kier alpha value is -2.82. The third-order valence-corrected chi connectivity index (χ3v) is 3.78.